The second-order valence-corrected chi connectivity index (χ2v) is 6.10. The number of fused-ring (bicyclic) bond motifs is 1. The Kier molecular flexibility index (Phi) is 4.58. The van der Waals surface area contributed by atoms with Gasteiger partial charge in [-0.3, -0.25) is 0 Å². The molecule has 5 nitrogen and oxygen atoms in total. The lowest BCUT2D eigenvalue weighted by atomic mass is 9.97. The number of hydrogen-bond donors (Lipinski definition) is 0. The van der Waals surface area contributed by atoms with Gasteiger partial charge in [0.25, 0.3) is 0 Å². The normalized spacial score (nSPS) is 19.4. The fourth-order valence-electron chi connectivity index (χ4n) is 3.01. The molecular formula is C16H26N4O. The third-order valence-corrected chi connectivity index (χ3v) is 4.36. The van der Waals surface area contributed by atoms with E-state index in [1.807, 2.05) is 0 Å². The quantitative estimate of drug-likeness (QED) is 0.847. The van der Waals surface area contributed by atoms with E-state index in [4.69, 9.17) is 14.7 Å². The molecule has 1 aliphatic heterocycles. The van der Waals surface area contributed by atoms with E-state index in [-0.39, 0.29) is 0 Å². The van der Waals surface area contributed by atoms with Gasteiger partial charge in [-0.25, -0.2) is 4.98 Å². The van der Waals surface area contributed by atoms with Gasteiger partial charge in [-0.15, -0.1) is 0 Å². The average Bonchev–Trinajstić information content (AvgIpc) is 2.53. The predicted octanol–water partition coefficient (Wildman–Crippen LogP) is 1.90. The van der Waals surface area contributed by atoms with E-state index in [1.165, 1.54) is 24.1 Å². The lowest BCUT2D eigenvalue weighted by Crippen LogP contribution is -2.45. The van der Waals surface area contributed by atoms with Crippen molar-refractivity contribution in [1.29, 1.82) is 0 Å². The molecule has 1 aromatic heterocycles. The van der Waals surface area contributed by atoms with Crippen molar-refractivity contribution in [2.24, 2.45) is 0 Å². The van der Waals surface area contributed by atoms with Crippen LogP contribution in [0.1, 0.15) is 37.4 Å². The molecule has 0 N–H and O–H groups in total. The van der Waals surface area contributed by atoms with E-state index < -0.39 is 0 Å². The van der Waals surface area contributed by atoms with Crippen LogP contribution in [0.25, 0.3) is 0 Å². The molecule has 2 heterocycles. The summed E-state index contributed by atoms with van der Waals surface area (Å²) in [5, 5.41) is 0. The minimum atomic E-state index is 0.742. The Balaban J connectivity index is 1.86. The molecule has 1 aliphatic carbocycles. The van der Waals surface area contributed by atoms with Crippen LogP contribution in [-0.2, 0) is 12.8 Å². The van der Waals surface area contributed by atoms with E-state index in [9.17, 15) is 0 Å². The number of likely N-dealkylation sites (N-methyl/N-ethyl adjacent to an activating group) is 1. The van der Waals surface area contributed by atoms with Crippen molar-refractivity contribution in [2.45, 2.75) is 39.0 Å². The molecule has 0 bridgehead atoms. The summed E-state index contributed by atoms with van der Waals surface area (Å²) in [6, 6.07) is 0. The molecule has 2 aliphatic rings. The molecule has 21 heavy (non-hydrogen) atoms. The molecule has 0 aromatic carbocycles. The van der Waals surface area contributed by atoms with Crippen molar-refractivity contribution < 1.29 is 4.74 Å². The maximum absolute atomic E-state index is 5.92. The number of hydrogen-bond acceptors (Lipinski definition) is 5. The van der Waals surface area contributed by atoms with Crippen LogP contribution < -0.4 is 9.64 Å². The molecule has 116 valence electrons. The molecule has 0 atom stereocenters. The van der Waals surface area contributed by atoms with Crippen LogP contribution in [0.5, 0.6) is 5.88 Å². The molecule has 0 saturated carbocycles. The first kappa shape index (κ1) is 14.6. The second-order valence-electron chi connectivity index (χ2n) is 6.10. The van der Waals surface area contributed by atoms with Gasteiger partial charge in [-0.2, -0.15) is 4.98 Å². The number of piperazine rings is 1. The summed E-state index contributed by atoms with van der Waals surface area (Å²) < 4.78 is 5.92. The van der Waals surface area contributed by atoms with Gasteiger partial charge in [0.05, 0.1) is 12.3 Å². The third kappa shape index (κ3) is 3.28. The smallest absolute Gasteiger partial charge is 0.228 e. The zero-order valence-electron chi connectivity index (χ0n) is 13.3. The van der Waals surface area contributed by atoms with Crippen LogP contribution in [0.15, 0.2) is 0 Å². The molecule has 1 saturated heterocycles. The van der Waals surface area contributed by atoms with Crippen LogP contribution in [0, 0.1) is 0 Å². The molecule has 0 radical (unpaired) electrons. The van der Waals surface area contributed by atoms with Gasteiger partial charge in [0.15, 0.2) is 0 Å². The summed E-state index contributed by atoms with van der Waals surface area (Å²) >= 11 is 0. The fourth-order valence-corrected chi connectivity index (χ4v) is 3.01. The average molecular weight is 290 g/mol. The largest absolute Gasteiger partial charge is 0.477 e. The van der Waals surface area contributed by atoms with Gasteiger partial charge in [0.2, 0.25) is 11.8 Å². The van der Waals surface area contributed by atoms with E-state index in [0.717, 1.165) is 63.9 Å². The van der Waals surface area contributed by atoms with E-state index in [1.54, 1.807) is 0 Å². The molecule has 1 aromatic rings. The predicted molar refractivity (Wildman–Crippen MR) is 84.2 cm³/mol. The van der Waals surface area contributed by atoms with Gasteiger partial charge in [0.1, 0.15) is 0 Å². The molecule has 3 rings (SSSR count). The second kappa shape index (κ2) is 6.60. The fraction of sp³-hybridized carbons (Fsp3) is 0.750. The Labute approximate surface area is 127 Å². The number of aryl methyl sites for hydroxylation is 1. The SMILES string of the molecule is CCCOc1nc(N2CCN(C)CC2)nc2c1CCCC2. The first-order valence-electron chi connectivity index (χ1n) is 8.24. The number of ether oxygens (including phenoxy) is 1. The lowest BCUT2D eigenvalue weighted by molar-refractivity contribution is 0.295. The first-order valence-corrected chi connectivity index (χ1v) is 8.24. The van der Waals surface area contributed by atoms with Crippen molar-refractivity contribution >= 4 is 5.95 Å². The summed E-state index contributed by atoms with van der Waals surface area (Å²) in [6.07, 6.45) is 5.62. The zero-order chi connectivity index (χ0) is 14.7. The molecule has 0 unspecified atom stereocenters. The molecule has 1 fully saturated rings. The van der Waals surface area contributed by atoms with Crippen molar-refractivity contribution in [1.82, 2.24) is 14.9 Å². The Bertz CT molecular complexity index is 483. The summed E-state index contributed by atoms with van der Waals surface area (Å²) in [6.45, 7) is 7.03. The Morgan fingerprint density at radius 3 is 2.57 bits per heavy atom. The van der Waals surface area contributed by atoms with Crippen LogP contribution in [0.2, 0.25) is 0 Å². The first-order chi connectivity index (χ1) is 10.3. The van der Waals surface area contributed by atoms with Gasteiger partial charge >= 0.3 is 0 Å². The number of aromatic nitrogens is 2. The summed E-state index contributed by atoms with van der Waals surface area (Å²) in [5.74, 6) is 1.71. The summed E-state index contributed by atoms with van der Waals surface area (Å²) in [5.41, 5.74) is 2.48. The van der Waals surface area contributed by atoms with Crippen LogP contribution in [-0.4, -0.2) is 54.7 Å². The van der Waals surface area contributed by atoms with E-state index in [2.05, 4.69) is 23.8 Å². The lowest BCUT2D eigenvalue weighted by Gasteiger charge is -2.33. The molecule has 5 heteroatoms. The van der Waals surface area contributed by atoms with Crippen molar-refractivity contribution in [3.05, 3.63) is 11.3 Å². The van der Waals surface area contributed by atoms with Crippen molar-refractivity contribution in [2.75, 3.05) is 44.7 Å². The number of nitrogens with zero attached hydrogens (tertiary/aromatic N) is 4. The van der Waals surface area contributed by atoms with Gasteiger partial charge in [0, 0.05) is 31.7 Å². The number of anilines is 1. The Morgan fingerprint density at radius 2 is 1.81 bits per heavy atom. The highest BCUT2D eigenvalue weighted by Crippen LogP contribution is 2.29. The maximum Gasteiger partial charge on any atom is 0.228 e. The van der Waals surface area contributed by atoms with Gasteiger partial charge in [-0.05, 0) is 39.2 Å². The van der Waals surface area contributed by atoms with Gasteiger partial charge < -0.3 is 14.5 Å². The molecular weight excluding hydrogens is 264 g/mol. The van der Waals surface area contributed by atoms with Crippen molar-refractivity contribution in [3.8, 4) is 5.88 Å². The Morgan fingerprint density at radius 1 is 1.05 bits per heavy atom. The zero-order valence-corrected chi connectivity index (χ0v) is 13.3. The topological polar surface area (TPSA) is 41.5 Å². The Hall–Kier alpha value is -1.36. The monoisotopic (exact) mass is 290 g/mol. The highest BCUT2D eigenvalue weighted by atomic mass is 16.5. The minimum Gasteiger partial charge on any atom is -0.477 e. The minimum absolute atomic E-state index is 0.742. The van der Waals surface area contributed by atoms with Crippen LogP contribution in [0.4, 0.5) is 5.95 Å². The van der Waals surface area contributed by atoms with Crippen LogP contribution in [0.3, 0.4) is 0 Å². The maximum atomic E-state index is 5.92. The number of rotatable bonds is 4. The highest BCUT2D eigenvalue weighted by Gasteiger charge is 2.23. The molecule has 0 amide bonds. The highest BCUT2D eigenvalue weighted by molar-refractivity contribution is 5.42. The van der Waals surface area contributed by atoms with Gasteiger partial charge in [-0.1, -0.05) is 6.92 Å². The third-order valence-electron chi connectivity index (χ3n) is 4.36. The van der Waals surface area contributed by atoms with E-state index in [0.29, 0.717) is 0 Å². The van der Waals surface area contributed by atoms with Crippen molar-refractivity contribution in [3.63, 3.8) is 0 Å². The summed E-state index contributed by atoms with van der Waals surface area (Å²) in [4.78, 5) is 14.2. The molecule has 0 spiro atoms. The standard InChI is InChI=1S/C16H26N4O/c1-3-12-21-15-13-6-4-5-7-14(13)17-16(18-15)20-10-8-19(2)9-11-20/h3-12H2,1-2H3. The summed E-state index contributed by atoms with van der Waals surface area (Å²) in [7, 11) is 2.17. The van der Waals surface area contributed by atoms with Crippen LogP contribution >= 0.6 is 0 Å². The van der Waals surface area contributed by atoms with E-state index >= 15 is 0 Å².